The van der Waals surface area contributed by atoms with Gasteiger partial charge < -0.3 is 15.2 Å². The van der Waals surface area contributed by atoms with Crippen LogP contribution in [0.2, 0.25) is 0 Å². The minimum absolute atomic E-state index is 0.213. The van der Waals surface area contributed by atoms with Crippen molar-refractivity contribution in [1.82, 2.24) is 4.90 Å². The maximum Gasteiger partial charge on any atom is 0.261 e. The lowest BCUT2D eigenvalue weighted by Gasteiger charge is -2.14. The summed E-state index contributed by atoms with van der Waals surface area (Å²) in [4.78, 5) is 27.1. The largest absolute Gasteiger partial charge is 0.493 e. The number of hydrogen-bond donors (Lipinski definition) is 2. The van der Waals surface area contributed by atoms with Gasteiger partial charge in [0.05, 0.1) is 17.7 Å². The molecule has 8 heteroatoms. The van der Waals surface area contributed by atoms with Crippen molar-refractivity contribution in [3.8, 4) is 5.75 Å². The molecule has 2 aromatic carbocycles. The number of nitrogens with two attached hydrogens (primary N) is 1. The first-order chi connectivity index (χ1) is 16.0. The van der Waals surface area contributed by atoms with E-state index in [9.17, 15) is 14.7 Å². The lowest BCUT2D eigenvalue weighted by atomic mass is 10.1. The molecule has 3 aromatic rings. The van der Waals surface area contributed by atoms with Gasteiger partial charge in [-0.15, -0.1) is 11.3 Å². The molecule has 1 aliphatic heterocycles. The van der Waals surface area contributed by atoms with Gasteiger partial charge in [0.1, 0.15) is 24.9 Å². The minimum Gasteiger partial charge on any atom is -0.493 e. The molecule has 0 aliphatic carbocycles. The van der Waals surface area contributed by atoms with E-state index in [0.29, 0.717) is 43.8 Å². The molecule has 4 rings (SSSR count). The SMILES string of the molecule is O=C1c2ccccc2C(=O)N1CCCCOc1ccccc1C[NH2+]CC(O)c1cc(Br)cs1. The number of halogens is 1. The molecule has 33 heavy (non-hydrogen) atoms. The summed E-state index contributed by atoms with van der Waals surface area (Å²) >= 11 is 4.96. The molecule has 1 aliphatic rings. The van der Waals surface area contributed by atoms with Gasteiger partial charge in [0, 0.05) is 26.8 Å². The molecular formula is C25H26BrN2O4S+. The molecule has 1 atom stereocenters. The second kappa shape index (κ2) is 11.1. The minimum atomic E-state index is -0.503. The smallest absolute Gasteiger partial charge is 0.261 e. The van der Waals surface area contributed by atoms with Crippen LogP contribution in [0.3, 0.4) is 0 Å². The van der Waals surface area contributed by atoms with Crippen molar-refractivity contribution in [3.63, 3.8) is 0 Å². The third-order valence-electron chi connectivity index (χ3n) is 5.55. The van der Waals surface area contributed by atoms with E-state index in [1.165, 1.54) is 4.90 Å². The van der Waals surface area contributed by atoms with Crippen molar-refractivity contribution in [2.75, 3.05) is 19.7 Å². The number of unbranched alkanes of at least 4 members (excludes halogenated alkanes) is 1. The first-order valence-electron chi connectivity index (χ1n) is 10.9. The number of quaternary nitrogens is 1. The maximum absolute atomic E-state index is 12.4. The van der Waals surface area contributed by atoms with Crippen LogP contribution in [0.4, 0.5) is 0 Å². The van der Waals surface area contributed by atoms with Gasteiger partial charge in [-0.1, -0.05) is 24.3 Å². The molecule has 3 N–H and O–H groups in total. The topological polar surface area (TPSA) is 83.5 Å². The second-order valence-electron chi connectivity index (χ2n) is 7.88. The fourth-order valence-electron chi connectivity index (χ4n) is 3.83. The third-order valence-corrected chi connectivity index (χ3v) is 7.35. The number of carbonyl (C=O) groups excluding carboxylic acids is 2. The predicted molar refractivity (Wildman–Crippen MR) is 130 cm³/mol. The maximum atomic E-state index is 12.4. The number of nitrogens with zero attached hydrogens (tertiary/aromatic N) is 1. The Morgan fingerprint density at radius 1 is 1.03 bits per heavy atom. The molecule has 1 unspecified atom stereocenters. The third kappa shape index (κ3) is 5.70. The Hall–Kier alpha value is -2.52. The summed E-state index contributed by atoms with van der Waals surface area (Å²) in [5.41, 5.74) is 2.04. The Bertz CT molecular complexity index is 1100. The van der Waals surface area contributed by atoms with Crippen LogP contribution in [0.1, 0.15) is 50.1 Å². The van der Waals surface area contributed by atoms with Crippen molar-refractivity contribution in [3.05, 3.63) is 86.0 Å². The van der Waals surface area contributed by atoms with Gasteiger partial charge in [-0.2, -0.15) is 0 Å². The number of aliphatic hydroxyl groups is 1. The number of benzene rings is 2. The number of aliphatic hydroxyl groups excluding tert-OH is 1. The van der Waals surface area contributed by atoms with Gasteiger partial charge in [0.15, 0.2) is 0 Å². The van der Waals surface area contributed by atoms with Crippen LogP contribution in [0, 0.1) is 0 Å². The first-order valence-corrected chi connectivity index (χ1v) is 12.6. The van der Waals surface area contributed by atoms with E-state index >= 15 is 0 Å². The van der Waals surface area contributed by atoms with Crippen molar-refractivity contribution in [2.45, 2.75) is 25.5 Å². The van der Waals surface area contributed by atoms with Gasteiger partial charge in [-0.3, -0.25) is 14.5 Å². The average molecular weight is 530 g/mol. The van der Waals surface area contributed by atoms with Crippen LogP contribution < -0.4 is 10.1 Å². The summed E-state index contributed by atoms with van der Waals surface area (Å²) in [5, 5.41) is 14.4. The number of fused-ring (bicyclic) bond motifs is 1. The van der Waals surface area contributed by atoms with E-state index < -0.39 is 6.10 Å². The zero-order valence-corrected chi connectivity index (χ0v) is 20.5. The van der Waals surface area contributed by atoms with E-state index in [2.05, 4.69) is 21.2 Å². The average Bonchev–Trinajstić information content (AvgIpc) is 3.37. The lowest BCUT2D eigenvalue weighted by Crippen LogP contribution is -2.83. The summed E-state index contributed by atoms with van der Waals surface area (Å²) in [5.74, 6) is 0.395. The van der Waals surface area contributed by atoms with Crippen molar-refractivity contribution in [1.29, 1.82) is 0 Å². The van der Waals surface area contributed by atoms with Crippen molar-refractivity contribution >= 4 is 39.1 Å². The van der Waals surface area contributed by atoms with Crippen LogP contribution >= 0.6 is 27.3 Å². The van der Waals surface area contributed by atoms with Crippen LogP contribution in [0.25, 0.3) is 0 Å². The molecule has 0 saturated heterocycles. The molecular weight excluding hydrogens is 504 g/mol. The molecule has 0 bridgehead atoms. The summed E-state index contributed by atoms with van der Waals surface area (Å²) in [6.07, 6.45) is 0.913. The quantitative estimate of drug-likeness (QED) is 0.292. The number of thiophene rings is 1. The molecule has 172 valence electrons. The molecule has 0 spiro atoms. The number of ether oxygens (including phenoxy) is 1. The highest BCUT2D eigenvalue weighted by Gasteiger charge is 2.34. The van der Waals surface area contributed by atoms with E-state index in [1.807, 2.05) is 35.7 Å². The number of carbonyl (C=O) groups is 2. The Labute approximate surface area is 205 Å². The van der Waals surface area contributed by atoms with Gasteiger partial charge in [0.2, 0.25) is 0 Å². The molecule has 1 aromatic heterocycles. The fraction of sp³-hybridized carbons (Fsp3) is 0.280. The summed E-state index contributed by atoms with van der Waals surface area (Å²) in [6, 6.07) is 16.8. The van der Waals surface area contributed by atoms with Crippen molar-refractivity contribution in [2.24, 2.45) is 0 Å². The van der Waals surface area contributed by atoms with Crippen LogP contribution in [-0.4, -0.2) is 41.5 Å². The normalized spacial score (nSPS) is 13.9. The van der Waals surface area contributed by atoms with Crippen LogP contribution in [0.15, 0.2) is 64.5 Å². The number of hydrogen-bond acceptors (Lipinski definition) is 5. The number of para-hydroxylation sites is 1. The Morgan fingerprint density at radius 2 is 1.73 bits per heavy atom. The van der Waals surface area contributed by atoms with E-state index in [1.54, 1.807) is 35.6 Å². The van der Waals surface area contributed by atoms with E-state index in [4.69, 9.17) is 4.74 Å². The van der Waals surface area contributed by atoms with E-state index in [0.717, 1.165) is 27.1 Å². The second-order valence-corrected chi connectivity index (χ2v) is 9.74. The monoisotopic (exact) mass is 529 g/mol. The zero-order valence-electron chi connectivity index (χ0n) is 18.1. The molecule has 2 amide bonds. The van der Waals surface area contributed by atoms with Gasteiger partial charge in [-0.25, -0.2) is 0 Å². The zero-order chi connectivity index (χ0) is 23.2. The van der Waals surface area contributed by atoms with Gasteiger partial charge >= 0.3 is 0 Å². The van der Waals surface area contributed by atoms with Crippen molar-refractivity contribution < 1.29 is 24.7 Å². The van der Waals surface area contributed by atoms with Crippen LogP contribution in [0.5, 0.6) is 5.75 Å². The lowest BCUT2D eigenvalue weighted by molar-refractivity contribution is -0.677. The number of amides is 2. The highest BCUT2D eigenvalue weighted by atomic mass is 79.9. The van der Waals surface area contributed by atoms with E-state index in [-0.39, 0.29) is 11.8 Å². The summed E-state index contributed by atoms with van der Waals surface area (Å²) in [7, 11) is 0. The first kappa shape index (κ1) is 23.6. The fourth-order valence-corrected chi connectivity index (χ4v) is 5.27. The Kier molecular flexibility index (Phi) is 7.93. The Morgan fingerprint density at radius 3 is 2.42 bits per heavy atom. The van der Waals surface area contributed by atoms with Crippen LogP contribution in [-0.2, 0) is 6.54 Å². The Balaban J connectivity index is 1.20. The van der Waals surface area contributed by atoms with Gasteiger partial charge in [0.25, 0.3) is 11.8 Å². The number of imide groups is 1. The summed E-state index contributed by atoms with van der Waals surface area (Å²) in [6.45, 7) is 2.17. The molecule has 2 heterocycles. The molecule has 0 radical (unpaired) electrons. The number of rotatable bonds is 11. The molecule has 6 nitrogen and oxygen atoms in total. The highest BCUT2D eigenvalue weighted by molar-refractivity contribution is 9.10. The highest BCUT2D eigenvalue weighted by Crippen LogP contribution is 2.25. The molecule has 0 saturated carbocycles. The standard InChI is InChI=1S/C25H25BrN2O4S/c26-18-13-23(33-16-18)21(29)15-27-14-17-7-1-4-10-22(17)32-12-6-5-11-28-24(30)19-8-2-3-9-20(19)25(28)31/h1-4,7-10,13,16,21,27,29H,5-6,11-12,14-15H2/p+1. The predicted octanol–water partition coefficient (Wildman–Crippen LogP) is 3.76. The molecule has 0 fully saturated rings. The van der Waals surface area contributed by atoms with Gasteiger partial charge in [-0.05, 0) is 59.1 Å². The summed E-state index contributed by atoms with van der Waals surface area (Å²) < 4.78 is 6.98.